The molecule has 0 aromatic rings. The Kier molecular flexibility index (Phi) is 8.13. The SMILES string of the molecule is C=C1N=C(N)C(F)=CN1[C@@H]1O[C@](CCl)(COP(=O)(O)OP(=O)(O)OP(=O)(O)O)[C@@H](O)[C@H]1F. The molecular formula is C11H17ClF2N3O12P3. The van der Waals surface area contributed by atoms with Gasteiger partial charge >= 0.3 is 23.5 Å². The fraction of sp³-hybridized carbons (Fsp3) is 0.545. The molecule has 0 spiro atoms. The molecule has 21 heteroatoms. The lowest BCUT2D eigenvalue weighted by Crippen LogP contribution is -2.47. The highest BCUT2D eigenvalue weighted by molar-refractivity contribution is 7.66. The second-order valence-electron chi connectivity index (χ2n) is 6.26. The normalized spacial score (nSPS) is 32.8. The van der Waals surface area contributed by atoms with Crippen molar-refractivity contribution in [2.45, 2.75) is 24.1 Å². The van der Waals surface area contributed by atoms with Gasteiger partial charge in [0.1, 0.15) is 17.5 Å². The minimum absolute atomic E-state index is 0.290. The average Bonchev–Trinajstić information content (AvgIpc) is 2.85. The van der Waals surface area contributed by atoms with Crippen molar-refractivity contribution in [2.75, 3.05) is 12.5 Å². The maximum Gasteiger partial charge on any atom is 0.490 e. The maximum atomic E-state index is 14.8. The Balaban J connectivity index is 2.18. The number of aliphatic hydroxyl groups excluding tert-OH is 1. The molecule has 0 aromatic heterocycles. The van der Waals surface area contributed by atoms with E-state index in [0.29, 0.717) is 6.20 Å². The molecule has 184 valence electrons. The van der Waals surface area contributed by atoms with E-state index in [-0.39, 0.29) is 5.82 Å². The minimum atomic E-state index is -5.82. The van der Waals surface area contributed by atoms with Crippen molar-refractivity contribution in [3.05, 3.63) is 24.4 Å². The number of nitrogens with zero attached hydrogens (tertiary/aromatic N) is 2. The van der Waals surface area contributed by atoms with Crippen LogP contribution in [0.25, 0.3) is 0 Å². The summed E-state index contributed by atoms with van der Waals surface area (Å²) < 4.78 is 79.2. The van der Waals surface area contributed by atoms with Crippen LogP contribution >= 0.6 is 35.1 Å². The topological polar surface area (TPSA) is 231 Å². The molecule has 0 amide bonds. The predicted molar refractivity (Wildman–Crippen MR) is 101 cm³/mol. The van der Waals surface area contributed by atoms with Crippen LogP contribution in [0.2, 0.25) is 0 Å². The summed E-state index contributed by atoms with van der Waals surface area (Å²) in [5.41, 5.74) is 2.98. The molecule has 2 rings (SSSR count). The lowest BCUT2D eigenvalue weighted by Gasteiger charge is -2.32. The number of aliphatic imine (C=N–C) groups is 1. The lowest BCUT2D eigenvalue weighted by atomic mass is 9.99. The Bertz CT molecular complexity index is 977. The van der Waals surface area contributed by atoms with Crippen LogP contribution in [-0.4, -0.2) is 72.0 Å². The number of alkyl halides is 2. The summed E-state index contributed by atoms with van der Waals surface area (Å²) in [6, 6.07) is 0. The van der Waals surface area contributed by atoms with Crippen LogP contribution in [0.1, 0.15) is 0 Å². The largest absolute Gasteiger partial charge is 0.490 e. The fourth-order valence-electron chi connectivity index (χ4n) is 2.53. The van der Waals surface area contributed by atoms with E-state index in [1.54, 1.807) is 0 Å². The number of phosphoric acid groups is 3. The summed E-state index contributed by atoms with van der Waals surface area (Å²) in [5, 5.41) is 10.3. The van der Waals surface area contributed by atoms with Gasteiger partial charge in [0.05, 0.1) is 12.5 Å². The molecule has 15 nitrogen and oxygen atoms in total. The Morgan fingerprint density at radius 3 is 2.41 bits per heavy atom. The molecule has 0 saturated carbocycles. The quantitative estimate of drug-likeness (QED) is 0.168. The van der Waals surface area contributed by atoms with Crippen molar-refractivity contribution in [3.8, 4) is 0 Å². The monoisotopic (exact) mass is 549 g/mol. The van der Waals surface area contributed by atoms with Crippen LogP contribution in [0.4, 0.5) is 8.78 Å². The first-order valence-corrected chi connectivity index (χ1v) is 13.0. The van der Waals surface area contributed by atoms with Gasteiger partial charge in [0.25, 0.3) is 0 Å². The highest BCUT2D eigenvalue weighted by Gasteiger charge is 2.58. The maximum absolute atomic E-state index is 14.8. The van der Waals surface area contributed by atoms with Crippen LogP contribution < -0.4 is 5.73 Å². The molecule has 1 saturated heterocycles. The van der Waals surface area contributed by atoms with E-state index in [2.05, 4.69) is 24.7 Å². The van der Waals surface area contributed by atoms with Gasteiger partial charge in [-0.25, -0.2) is 27.5 Å². The van der Waals surface area contributed by atoms with E-state index in [9.17, 15) is 32.5 Å². The molecule has 0 aromatic carbocycles. The van der Waals surface area contributed by atoms with Crippen LogP contribution in [0.3, 0.4) is 0 Å². The highest BCUT2D eigenvalue weighted by Crippen LogP contribution is 2.66. The van der Waals surface area contributed by atoms with E-state index >= 15 is 0 Å². The molecule has 7 N–H and O–H groups in total. The molecule has 0 radical (unpaired) electrons. The zero-order valence-electron chi connectivity index (χ0n) is 15.5. The van der Waals surface area contributed by atoms with Crippen LogP contribution in [-0.2, 0) is 31.6 Å². The third-order valence-corrected chi connectivity index (χ3v) is 8.14. The number of amidine groups is 1. The number of nitrogens with two attached hydrogens (primary N) is 1. The van der Waals surface area contributed by atoms with Gasteiger partial charge in [0, 0.05) is 6.20 Å². The Hall–Kier alpha value is -0.770. The van der Waals surface area contributed by atoms with Crippen molar-refractivity contribution < 1.29 is 65.0 Å². The fourth-order valence-corrected chi connectivity index (χ4v) is 5.90. The van der Waals surface area contributed by atoms with Gasteiger partial charge in [-0.1, -0.05) is 6.58 Å². The van der Waals surface area contributed by atoms with Crippen molar-refractivity contribution in [1.82, 2.24) is 4.90 Å². The van der Waals surface area contributed by atoms with Crippen molar-refractivity contribution in [2.24, 2.45) is 10.7 Å². The second-order valence-corrected chi connectivity index (χ2v) is 10.9. The first-order chi connectivity index (χ1) is 14.4. The molecule has 2 aliphatic rings. The Morgan fingerprint density at radius 1 is 1.28 bits per heavy atom. The molecule has 2 heterocycles. The van der Waals surface area contributed by atoms with Gasteiger partial charge in [0.15, 0.2) is 24.1 Å². The molecule has 32 heavy (non-hydrogen) atoms. The molecule has 2 aliphatic heterocycles. The first-order valence-electron chi connectivity index (χ1n) is 7.95. The van der Waals surface area contributed by atoms with Crippen molar-refractivity contribution >= 4 is 40.9 Å². The van der Waals surface area contributed by atoms with E-state index in [0.717, 1.165) is 4.90 Å². The van der Waals surface area contributed by atoms with E-state index in [1.165, 1.54) is 0 Å². The molecule has 6 atom stereocenters. The number of halogens is 3. The van der Waals surface area contributed by atoms with E-state index < -0.39 is 71.7 Å². The molecular weight excluding hydrogens is 533 g/mol. The standard InChI is InChI=1S/C11H17ClF2N3O12P3/c1-5-16-9(15)6(13)2-17(5)10-7(14)8(18)11(3-12,27-10)4-26-31(22,23)29-32(24,25)28-30(19,20)21/h2,7-8,10,18H,1,3-4H2,(H2,15,16)(H,22,23)(H,24,25)(H2,19,20,21)/t7-,8+,10-,11-/m1/s1. The van der Waals surface area contributed by atoms with Gasteiger partial charge in [0.2, 0.25) is 0 Å². The van der Waals surface area contributed by atoms with E-state index in [1.807, 2.05) is 0 Å². The summed E-state index contributed by atoms with van der Waals surface area (Å²) >= 11 is 5.71. The Morgan fingerprint density at radius 2 is 1.88 bits per heavy atom. The van der Waals surface area contributed by atoms with E-state index in [4.69, 9.17) is 36.8 Å². The summed E-state index contributed by atoms with van der Waals surface area (Å²) in [6.07, 6.45) is -5.65. The predicted octanol–water partition coefficient (Wildman–Crippen LogP) is 0.317. The van der Waals surface area contributed by atoms with Gasteiger partial charge in [-0.3, -0.25) is 4.52 Å². The number of phosphoric ester groups is 1. The summed E-state index contributed by atoms with van der Waals surface area (Å²) in [7, 11) is -17.1. The zero-order chi connectivity index (χ0) is 24.7. The molecule has 1 fully saturated rings. The molecule has 0 aliphatic carbocycles. The third kappa shape index (κ3) is 6.42. The third-order valence-electron chi connectivity index (χ3n) is 3.90. The molecule has 2 unspecified atom stereocenters. The number of ether oxygens (including phenoxy) is 1. The van der Waals surface area contributed by atoms with Crippen molar-refractivity contribution in [3.63, 3.8) is 0 Å². The summed E-state index contributed by atoms with van der Waals surface area (Å²) in [5.74, 6) is -2.73. The number of hydrogen-bond acceptors (Lipinski definition) is 11. The first kappa shape index (κ1) is 27.5. The van der Waals surface area contributed by atoms with Crippen LogP contribution in [0, 0.1) is 0 Å². The van der Waals surface area contributed by atoms with Gasteiger partial charge in [-0.15, -0.1) is 11.6 Å². The average molecular weight is 550 g/mol. The molecule has 0 bridgehead atoms. The lowest BCUT2D eigenvalue weighted by molar-refractivity contribution is -0.119. The summed E-state index contributed by atoms with van der Waals surface area (Å²) in [4.78, 5) is 39.9. The van der Waals surface area contributed by atoms with Gasteiger partial charge in [-0.2, -0.15) is 8.62 Å². The summed E-state index contributed by atoms with van der Waals surface area (Å²) in [6.45, 7) is 2.17. The zero-order valence-corrected chi connectivity index (χ0v) is 18.9. The second kappa shape index (κ2) is 9.47. The highest BCUT2D eigenvalue weighted by atomic mass is 35.5. The number of rotatable bonds is 9. The van der Waals surface area contributed by atoms with Gasteiger partial charge in [-0.05, 0) is 0 Å². The smallest absolute Gasteiger partial charge is 0.387 e. The number of hydrogen-bond donors (Lipinski definition) is 6. The minimum Gasteiger partial charge on any atom is -0.387 e. The van der Waals surface area contributed by atoms with Crippen LogP contribution in [0.5, 0.6) is 0 Å². The van der Waals surface area contributed by atoms with Crippen molar-refractivity contribution in [1.29, 1.82) is 0 Å². The Labute approximate surface area is 183 Å². The number of aliphatic hydroxyl groups is 1. The van der Waals surface area contributed by atoms with Gasteiger partial charge < -0.3 is 40.1 Å². The van der Waals surface area contributed by atoms with Crippen LogP contribution in [0.15, 0.2) is 29.4 Å².